The van der Waals surface area contributed by atoms with E-state index in [9.17, 15) is 4.79 Å². The average molecular weight is 370 g/mol. The Labute approximate surface area is 155 Å². The van der Waals surface area contributed by atoms with E-state index >= 15 is 0 Å². The smallest absolute Gasteiger partial charge is 0.291 e. The Hall–Kier alpha value is -1.92. The van der Waals surface area contributed by atoms with Crippen molar-refractivity contribution in [2.45, 2.75) is 43.0 Å². The van der Waals surface area contributed by atoms with E-state index in [1.807, 2.05) is 22.8 Å². The van der Waals surface area contributed by atoms with Gasteiger partial charge in [0.05, 0.1) is 6.54 Å². The van der Waals surface area contributed by atoms with Gasteiger partial charge < -0.3 is 0 Å². The number of pyridine rings is 1. The van der Waals surface area contributed by atoms with Gasteiger partial charge in [0.25, 0.3) is 0 Å². The van der Waals surface area contributed by atoms with E-state index in [0.717, 1.165) is 30.0 Å². The molecule has 0 radical (unpaired) electrons. The summed E-state index contributed by atoms with van der Waals surface area (Å²) in [6, 6.07) is 8.14. The van der Waals surface area contributed by atoms with E-state index in [1.54, 1.807) is 35.5 Å². The third-order valence-electron chi connectivity index (χ3n) is 4.47. The van der Waals surface area contributed by atoms with Crippen LogP contribution in [0.4, 0.5) is 0 Å². The number of hydrogen-bond donors (Lipinski definition) is 0. The minimum absolute atomic E-state index is 0.119. The highest BCUT2D eigenvalue weighted by Crippen LogP contribution is 2.30. The number of nitrogens with zero attached hydrogens (tertiary/aromatic N) is 3. The molecule has 4 nitrogen and oxygen atoms in total. The number of aromatic nitrogens is 3. The minimum atomic E-state index is -0.119. The molecule has 0 aliphatic heterocycles. The Bertz CT molecular complexity index is 904. The van der Waals surface area contributed by atoms with Gasteiger partial charge in [0, 0.05) is 34.3 Å². The molecule has 0 amide bonds. The van der Waals surface area contributed by atoms with Crippen molar-refractivity contribution in [3.63, 3.8) is 0 Å². The number of thioether (sulfide) groups is 1. The minimum Gasteiger partial charge on any atom is -0.291 e. The van der Waals surface area contributed by atoms with Gasteiger partial charge in [-0.2, -0.15) is 4.98 Å². The van der Waals surface area contributed by atoms with Crippen LogP contribution in [-0.4, -0.2) is 14.5 Å². The van der Waals surface area contributed by atoms with Crippen molar-refractivity contribution in [2.24, 2.45) is 0 Å². The molecule has 3 aromatic rings. The summed E-state index contributed by atoms with van der Waals surface area (Å²) in [7, 11) is 0. The van der Waals surface area contributed by atoms with Crippen molar-refractivity contribution in [1.82, 2.24) is 14.5 Å². The topological polar surface area (TPSA) is 47.8 Å². The lowest BCUT2D eigenvalue weighted by Gasteiger charge is -2.22. The summed E-state index contributed by atoms with van der Waals surface area (Å²) >= 11 is 3.36. The van der Waals surface area contributed by atoms with E-state index in [1.165, 1.54) is 28.1 Å². The lowest BCUT2D eigenvalue weighted by molar-refractivity contribution is 0.571. The molecule has 0 saturated heterocycles. The summed E-state index contributed by atoms with van der Waals surface area (Å²) in [6.07, 6.45) is 7.92. The highest BCUT2D eigenvalue weighted by Gasteiger charge is 2.20. The summed E-state index contributed by atoms with van der Waals surface area (Å²) in [5.74, 6) is 0.816. The molecule has 0 unspecified atom stereocenters. The number of hydrogen-bond acceptors (Lipinski definition) is 5. The molecule has 0 saturated carbocycles. The Morgan fingerprint density at radius 2 is 2.00 bits per heavy atom. The van der Waals surface area contributed by atoms with Crippen molar-refractivity contribution >= 4 is 23.1 Å². The van der Waals surface area contributed by atoms with Crippen molar-refractivity contribution in [1.29, 1.82) is 0 Å². The van der Waals surface area contributed by atoms with Crippen LogP contribution in [0.25, 0.3) is 0 Å². The molecule has 0 aromatic carbocycles. The normalized spacial score (nSPS) is 13.6. The lowest BCUT2D eigenvalue weighted by Crippen LogP contribution is -2.30. The molecular weight excluding hydrogens is 350 g/mol. The first-order valence-corrected chi connectivity index (χ1v) is 10.3. The molecule has 4 rings (SSSR count). The van der Waals surface area contributed by atoms with Crippen LogP contribution >= 0.6 is 23.1 Å². The van der Waals surface area contributed by atoms with Crippen LogP contribution in [0.1, 0.15) is 34.5 Å². The Morgan fingerprint density at radius 1 is 1.16 bits per heavy atom. The first-order valence-electron chi connectivity index (χ1n) is 8.48. The molecule has 0 bridgehead atoms. The maximum Gasteiger partial charge on any atom is 0.349 e. The van der Waals surface area contributed by atoms with Crippen LogP contribution < -0.4 is 5.69 Å². The molecule has 3 aromatic heterocycles. The van der Waals surface area contributed by atoms with E-state index < -0.39 is 0 Å². The molecule has 0 atom stereocenters. The van der Waals surface area contributed by atoms with Gasteiger partial charge in [0.1, 0.15) is 5.03 Å². The van der Waals surface area contributed by atoms with E-state index in [0.29, 0.717) is 6.54 Å². The van der Waals surface area contributed by atoms with Gasteiger partial charge >= 0.3 is 5.69 Å². The van der Waals surface area contributed by atoms with E-state index in [2.05, 4.69) is 21.4 Å². The molecule has 1 aliphatic rings. The Kier molecular flexibility index (Phi) is 4.99. The van der Waals surface area contributed by atoms with Gasteiger partial charge in [-0.3, -0.25) is 9.55 Å². The SMILES string of the molecule is O=c1nc(SCc2ccncc2)c2c(n1Cc1cccs1)CCCC2. The van der Waals surface area contributed by atoms with Crippen LogP contribution in [0.5, 0.6) is 0 Å². The summed E-state index contributed by atoms with van der Waals surface area (Å²) in [6.45, 7) is 0.640. The second-order valence-electron chi connectivity index (χ2n) is 6.14. The third kappa shape index (κ3) is 3.70. The van der Waals surface area contributed by atoms with Crippen LogP contribution in [0, 0.1) is 0 Å². The van der Waals surface area contributed by atoms with Crippen LogP contribution in [0.3, 0.4) is 0 Å². The Balaban J connectivity index is 1.66. The predicted molar refractivity (Wildman–Crippen MR) is 102 cm³/mol. The second kappa shape index (κ2) is 7.54. The molecule has 128 valence electrons. The summed E-state index contributed by atoms with van der Waals surface area (Å²) in [5.41, 5.74) is 3.55. The van der Waals surface area contributed by atoms with Gasteiger partial charge in [0.2, 0.25) is 0 Å². The third-order valence-corrected chi connectivity index (χ3v) is 6.42. The maximum absolute atomic E-state index is 12.7. The highest BCUT2D eigenvalue weighted by atomic mass is 32.2. The first kappa shape index (κ1) is 16.5. The van der Waals surface area contributed by atoms with Gasteiger partial charge in [-0.25, -0.2) is 4.79 Å². The molecule has 1 aliphatic carbocycles. The Morgan fingerprint density at radius 3 is 2.80 bits per heavy atom. The lowest BCUT2D eigenvalue weighted by atomic mass is 9.97. The fraction of sp³-hybridized carbons (Fsp3) is 0.316. The van der Waals surface area contributed by atoms with Gasteiger partial charge in [-0.1, -0.05) is 6.07 Å². The molecule has 0 fully saturated rings. The number of thiophene rings is 1. The molecule has 6 heteroatoms. The maximum atomic E-state index is 12.7. The number of fused-ring (bicyclic) bond motifs is 1. The zero-order valence-corrected chi connectivity index (χ0v) is 15.5. The second-order valence-corrected chi connectivity index (χ2v) is 8.14. The fourth-order valence-electron chi connectivity index (χ4n) is 3.22. The summed E-state index contributed by atoms with van der Waals surface area (Å²) in [5, 5.41) is 2.97. The van der Waals surface area contributed by atoms with Crippen molar-refractivity contribution in [2.75, 3.05) is 0 Å². The highest BCUT2D eigenvalue weighted by molar-refractivity contribution is 7.98. The van der Waals surface area contributed by atoms with Crippen LogP contribution in [0.2, 0.25) is 0 Å². The molecule has 3 heterocycles. The fourth-order valence-corrected chi connectivity index (χ4v) is 4.94. The quantitative estimate of drug-likeness (QED) is 0.505. The van der Waals surface area contributed by atoms with Gasteiger partial charge in [-0.15, -0.1) is 23.1 Å². The summed E-state index contributed by atoms with van der Waals surface area (Å²) < 4.78 is 1.89. The van der Waals surface area contributed by atoms with Gasteiger partial charge in [0.15, 0.2) is 0 Å². The molecular formula is C19H19N3OS2. The first-order chi connectivity index (χ1) is 12.3. The molecule has 0 spiro atoms. The van der Waals surface area contributed by atoms with Crippen molar-refractivity contribution in [3.05, 3.63) is 74.2 Å². The zero-order valence-electron chi connectivity index (χ0n) is 13.9. The average Bonchev–Trinajstić information content (AvgIpc) is 3.17. The van der Waals surface area contributed by atoms with Crippen molar-refractivity contribution in [3.8, 4) is 0 Å². The largest absolute Gasteiger partial charge is 0.349 e. The van der Waals surface area contributed by atoms with E-state index in [-0.39, 0.29) is 5.69 Å². The monoisotopic (exact) mass is 369 g/mol. The molecule has 0 N–H and O–H groups in total. The summed E-state index contributed by atoms with van der Waals surface area (Å²) in [4.78, 5) is 22.4. The predicted octanol–water partition coefficient (Wildman–Crippen LogP) is 3.92. The molecule has 25 heavy (non-hydrogen) atoms. The van der Waals surface area contributed by atoms with Crippen LogP contribution in [-0.2, 0) is 25.1 Å². The number of rotatable bonds is 5. The zero-order chi connectivity index (χ0) is 17.1. The van der Waals surface area contributed by atoms with E-state index in [4.69, 9.17) is 0 Å². The van der Waals surface area contributed by atoms with Crippen LogP contribution in [0.15, 0.2) is 51.9 Å². The van der Waals surface area contributed by atoms with Crippen molar-refractivity contribution < 1.29 is 0 Å². The standard InChI is InChI=1S/C19H19N3OS2/c23-19-21-18(25-13-14-7-9-20-10-8-14)16-5-1-2-6-17(16)22(19)12-15-4-3-11-24-15/h3-4,7-11H,1-2,5-6,12-13H2. The van der Waals surface area contributed by atoms with Gasteiger partial charge in [-0.05, 0) is 54.8 Å².